The Kier molecular flexibility index (Phi) is 2.50. The first kappa shape index (κ1) is 10.8. The molecule has 0 radical (unpaired) electrons. The minimum Gasteiger partial charge on any atom is -0.479 e. The van der Waals surface area contributed by atoms with Crippen LogP contribution in [0.25, 0.3) is 11.0 Å². The van der Waals surface area contributed by atoms with Crippen LogP contribution in [-0.4, -0.2) is 22.1 Å². The van der Waals surface area contributed by atoms with Crippen molar-refractivity contribution in [2.24, 2.45) is 0 Å². The predicted molar refractivity (Wildman–Crippen MR) is 62.6 cm³/mol. The van der Waals surface area contributed by atoms with E-state index < -0.39 is 0 Å². The molecule has 4 nitrogen and oxygen atoms in total. The van der Waals surface area contributed by atoms with E-state index in [1.165, 1.54) is 0 Å². The second-order valence-corrected chi connectivity index (χ2v) is 4.68. The molecule has 0 fully saturated rings. The zero-order valence-electron chi connectivity index (χ0n) is 9.98. The third-order valence-electron chi connectivity index (χ3n) is 2.47. The molecular formula is C12H15N3O. The molecular weight excluding hydrogens is 202 g/mol. The van der Waals surface area contributed by atoms with Crippen LogP contribution >= 0.6 is 0 Å². The lowest BCUT2D eigenvalue weighted by molar-refractivity contribution is 0.401. The maximum absolute atomic E-state index is 5.18. The number of fused-ring (bicyclic) bond motifs is 1. The first-order valence-electron chi connectivity index (χ1n) is 5.18. The summed E-state index contributed by atoms with van der Waals surface area (Å²) in [6.45, 7) is 6.39. The van der Waals surface area contributed by atoms with Gasteiger partial charge in [-0.05, 0) is 5.41 Å². The second-order valence-electron chi connectivity index (χ2n) is 4.68. The lowest BCUT2D eigenvalue weighted by Gasteiger charge is -2.20. The van der Waals surface area contributed by atoms with Gasteiger partial charge in [0.1, 0.15) is 0 Å². The van der Waals surface area contributed by atoms with Gasteiger partial charge in [0.15, 0.2) is 5.52 Å². The molecule has 0 amide bonds. The largest absolute Gasteiger partial charge is 0.479 e. The van der Waals surface area contributed by atoms with Crippen LogP contribution in [0.5, 0.6) is 5.88 Å². The number of aromatic nitrogens is 3. The number of hydrogen-bond acceptors (Lipinski definition) is 4. The van der Waals surface area contributed by atoms with Crippen LogP contribution in [0.4, 0.5) is 0 Å². The van der Waals surface area contributed by atoms with E-state index in [2.05, 4.69) is 35.7 Å². The topological polar surface area (TPSA) is 47.9 Å². The van der Waals surface area contributed by atoms with Gasteiger partial charge < -0.3 is 4.74 Å². The van der Waals surface area contributed by atoms with Gasteiger partial charge in [0.2, 0.25) is 5.88 Å². The summed E-state index contributed by atoms with van der Waals surface area (Å²) in [4.78, 5) is 12.9. The predicted octanol–water partition coefficient (Wildman–Crippen LogP) is 2.33. The minimum absolute atomic E-state index is 0.00639. The Morgan fingerprint density at radius 3 is 2.19 bits per heavy atom. The number of pyridine rings is 1. The third kappa shape index (κ3) is 1.71. The fourth-order valence-electron chi connectivity index (χ4n) is 1.64. The molecule has 2 heterocycles. The summed E-state index contributed by atoms with van der Waals surface area (Å²) in [5.41, 5.74) is 2.66. The van der Waals surface area contributed by atoms with Gasteiger partial charge in [-0.25, -0.2) is 9.97 Å². The maximum atomic E-state index is 5.18. The highest BCUT2D eigenvalue weighted by Gasteiger charge is 2.20. The van der Waals surface area contributed by atoms with Crippen LogP contribution in [0.3, 0.4) is 0 Å². The number of methoxy groups -OCH3 is 1. The average Bonchev–Trinajstić information content (AvgIpc) is 2.26. The van der Waals surface area contributed by atoms with E-state index in [0.29, 0.717) is 5.88 Å². The maximum Gasteiger partial charge on any atom is 0.241 e. The van der Waals surface area contributed by atoms with E-state index in [9.17, 15) is 0 Å². The fourth-order valence-corrected chi connectivity index (χ4v) is 1.64. The number of rotatable bonds is 1. The highest BCUT2D eigenvalue weighted by atomic mass is 16.5. The molecule has 0 aliphatic rings. The first-order valence-corrected chi connectivity index (χ1v) is 5.18. The van der Waals surface area contributed by atoms with Crippen LogP contribution in [0, 0.1) is 0 Å². The van der Waals surface area contributed by atoms with Gasteiger partial charge in [-0.15, -0.1) is 0 Å². The molecule has 84 valence electrons. The quantitative estimate of drug-likeness (QED) is 0.735. The van der Waals surface area contributed by atoms with E-state index in [4.69, 9.17) is 4.74 Å². The van der Waals surface area contributed by atoms with Crippen molar-refractivity contribution in [1.29, 1.82) is 0 Å². The summed E-state index contributed by atoms with van der Waals surface area (Å²) in [5, 5.41) is 0. The molecule has 0 spiro atoms. The van der Waals surface area contributed by atoms with Crippen molar-refractivity contribution in [1.82, 2.24) is 15.0 Å². The number of hydrogen-bond donors (Lipinski definition) is 0. The molecule has 4 heteroatoms. The van der Waals surface area contributed by atoms with Crippen LogP contribution in [0.15, 0.2) is 18.6 Å². The highest BCUT2D eigenvalue weighted by molar-refractivity contribution is 5.82. The third-order valence-corrected chi connectivity index (χ3v) is 2.47. The van der Waals surface area contributed by atoms with Gasteiger partial charge in [0.25, 0.3) is 0 Å². The van der Waals surface area contributed by atoms with Gasteiger partial charge in [-0.2, -0.15) is 0 Å². The molecule has 0 atom stereocenters. The Morgan fingerprint density at radius 1 is 1.00 bits per heavy atom. The smallest absolute Gasteiger partial charge is 0.241 e. The lowest BCUT2D eigenvalue weighted by Crippen LogP contribution is -2.13. The number of nitrogens with zero attached hydrogens (tertiary/aromatic N) is 3. The lowest BCUT2D eigenvalue weighted by atomic mass is 9.87. The van der Waals surface area contributed by atoms with E-state index in [1.807, 2.05) is 6.20 Å². The van der Waals surface area contributed by atoms with Crippen molar-refractivity contribution in [2.75, 3.05) is 7.11 Å². The monoisotopic (exact) mass is 217 g/mol. The summed E-state index contributed by atoms with van der Waals surface area (Å²) < 4.78 is 5.18. The molecule has 0 aromatic carbocycles. The molecule has 2 aromatic rings. The molecule has 0 aliphatic carbocycles. The Labute approximate surface area is 94.7 Å². The number of ether oxygens (including phenoxy) is 1. The van der Waals surface area contributed by atoms with Crippen LogP contribution in [-0.2, 0) is 5.41 Å². The molecule has 0 N–H and O–H groups in total. The Bertz CT molecular complexity index is 517. The Morgan fingerprint density at radius 2 is 1.62 bits per heavy atom. The van der Waals surface area contributed by atoms with Crippen LogP contribution < -0.4 is 4.74 Å². The van der Waals surface area contributed by atoms with Crippen LogP contribution in [0.1, 0.15) is 26.3 Å². The van der Waals surface area contributed by atoms with E-state index >= 15 is 0 Å². The minimum atomic E-state index is -0.00639. The molecule has 0 bridgehead atoms. The summed E-state index contributed by atoms with van der Waals surface area (Å²) in [6, 6.07) is 0. The van der Waals surface area contributed by atoms with Gasteiger partial charge in [-0.3, -0.25) is 4.98 Å². The van der Waals surface area contributed by atoms with Crippen molar-refractivity contribution in [3.05, 3.63) is 24.2 Å². The summed E-state index contributed by atoms with van der Waals surface area (Å²) >= 11 is 0. The van der Waals surface area contributed by atoms with Crippen LogP contribution in [0.2, 0.25) is 0 Å². The normalized spacial score (nSPS) is 11.8. The molecule has 0 saturated carbocycles. The average molecular weight is 217 g/mol. The molecule has 0 aliphatic heterocycles. The molecule has 0 saturated heterocycles. The van der Waals surface area contributed by atoms with Gasteiger partial charge in [0, 0.05) is 24.2 Å². The zero-order valence-corrected chi connectivity index (χ0v) is 9.98. The summed E-state index contributed by atoms with van der Waals surface area (Å²) in [5.74, 6) is 0.524. The Hall–Kier alpha value is -1.71. The van der Waals surface area contributed by atoms with E-state index in [0.717, 1.165) is 16.6 Å². The molecule has 16 heavy (non-hydrogen) atoms. The summed E-state index contributed by atoms with van der Waals surface area (Å²) in [6.07, 6.45) is 5.16. The van der Waals surface area contributed by atoms with E-state index in [1.54, 1.807) is 19.5 Å². The second kappa shape index (κ2) is 3.70. The van der Waals surface area contributed by atoms with Gasteiger partial charge in [0.05, 0.1) is 12.6 Å². The fraction of sp³-hybridized carbons (Fsp3) is 0.417. The van der Waals surface area contributed by atoms with Crippen molar-refractivity contribution >= 4 is 11.0 Å². The SMILES string of the molecule is COc1ncc(C(C)(C)C)c2nccnc12. The van der Waals surface area contributed by atoms with Gasteiger partial charge >= 0.3 is 0 Å². The highest BCUT2D eigenvalue weighted by Crippen LogP contribution is 2.30. The van der Waals surface area contributed by atoms with Crippen molar-refractivity contribution < 1.29 is 4.74 Å². The summed E-state index contributed by atoms with van der Waals surface area (Å²) in [7, 11) is 1.59. The van der Waals surface area contributed by atoms with Crippen molar-refractivity contribution in [2.45, 2.75) is 26.2 Å². The molecule has 2 aromatic heterocycles. The first-order chi connectivity index (χ1) is 7.54. The zero-order chi connectivity index (χ0) is 11.8. The van der Waals surface area contributed by atoms with Gasteiger partial charge in [-0.1, -0.05) is 20.8 Å². The molecule has 2 rings (SSSR count). The van der Waals surface area contributed by atoms with Crippen molar-refractivity contribution in [3.8, 4) is 5.88 Å². The van der Waals surface area contributed by atoms with E-state index in [-0.39, 0.29) is 5.41 Å². The standard InChI is InChI=1S/C12H15N3O/c1-12(2,3)8-7-15-11(16-4)10-9(8)13-5-6-14-10/h5-7H,1-4H3. The Balaban J connectivity index is 2.80. The molecule has 0 unspecified atom stereocenters. The van der Waals surface area contributed by atoms with Crippen molar-refractivity contribution in [3.63, 3.8) is 0 Å².